The molecule has 134 valence electrons. The fourth-order valence-electron chi connectivity index (χ4n) is 3.99. The predicted molar refractivity (Wildman–Crippen MR) is 116 cm³/mol. The molecule has 0 spiro atoms. The second-order valence-electron chi connectivity index (χ2n) is 7.37. The number of aliphatic imine (C=N–C) groups is 1. The molecule has 27 heavy (non-hydrogen) atoms. The molecule has 2 atom stereocenters. The lowest BCUT2D eigenvalue weighted by Gasteiger charge is -2.28. The molecule has 1 nitrogen and oxygen atoms in total. The fourth-order valence-corrected chi connectivity index (χ4v) is 3.99. The minimum atomic E-state index is 0.320. The van der Waals surface area contributed by atoms with Gasteiger partial charge in [-0.05, 0) is 35.1 Å². The molecule has 3 aromatic rings. The molecule has 0 aromatic heterocycles. The third-order valence-corrected chi connectivity index (χ3v) is 5.74. The van der Waals surface area contributed by atoms with Crippen molar-refractivity contribution in [1.29, 1.82) is 0 Å². The molecular weight excluding hydrogens is 326 g/mol. The van der Waals surface area contributed by atoms with Gasteiger partial charge in [-0.15, -0.1) is 0 Å². The van der Waals surface area contributed by atoms with E-state index in [0.717, 1.165) is 11.4 Å². The van der Waals surface area contributed by atoms with Crippen LogP contribution in [0.1, 0.15) is 48.9 Å². The molecule has 3 aromatic carbocycles. The number of benzene rings is 3. The summed E-state index contributed by atoms with van der Waals surface area (Å²) in [6.45, 7) is 6.83. The van der Waals surface area contributed by atoms with Crippen molar-refractivity contribution >= 4 is 17.0 Å². The average molecular weight is 351 g/mol. The molecule has 0 radical (unpaired) electrons. The van der Waals surface area contributed by atoms with Crippen LogP contribution in [-0.2, 0) is 0 Å². The highest BCUT2D eigenvalue weighted by molar-refractivity contribution is 6.08. The second kappa shape index (κ2) is 7.36. The summed E-state index contributed by atoms with van der Waals surface area (Å²) in [6.07, 6.45) is 0. The van der Waals surface area contributed by atoms with Crippen LogP contribution in [0.25, 0.3) is 11.3 Å². The molecule has 0 saturated carbocycles. The van der Waals surface area contributed by atoms with E-state index in [-0.39, 0.29) is 0 Å². The molecular formula is C26H25N. The normalized spacial score (nSPS) is 22.4. The molecule has 1 heteroatoms. The maximum Gasteiger partial charge on any atom is 0.0740 e. The maximum absolute atomic E-state index is 5.28. The van der Waals surface area contributed by atoms with Gasteiger partial charge in [-0.2, -0.15) is 0 Å². The molecule has 0 saturated heterocycles. The highest BCUT2D eigenvalue weighted by Crippen LogP contribution is 2.39. The van der Waals surface area contributed by atoms with Gasteiger partial charge >= 0.3 is 0 Å². The van der Waals surface area contributed by atoms with Crippen LogP contribution in [0.2, 0.25) is 0 Å². The van der Waals surface area contributed by atoms with Gasteiger partial charge < -0.3 is 0 Å². The van der Waals surface area contributed by atoms with Crippen molar-refractivity contribution in [1.82, 2.24) is 0 Å². The van der Waals surface area contributed by atoms with Crippen LogP contribution in [-0.4, -0.2) is 5.71 Å². The van der Waals surface area contributed by atoms with Gasteiger partial charge in [-0.3, -0.25) is 4.99 Å². The van der Waals surface area contributed by atoms with Gasteiger partial charge in [0.2, 0.25) is 0 Å². The number of hydrogen-bond acceptors (Lipinski definition) is 1. The Morgan fingerprint density at radius 1 is 0.630 bits per heavy atom. The van der Waals surface area contributed by atoms with E-state index in [1.165, 1.54) is 27.8 Å². The largest absolute Gasteiger partial charge is 0.252 e. The van der Waals surface area contributed by atoms with Crippen molar-refractivity contribution in [3.8, 4) is 0 Å². The summed E-state index contributed by atoms with van der Waals surface area (Å²) in [5, 5.41) is 0. The van der Waals surface area contributed by atoms with Gasteiger partial charge in [0.1, 0.15) is 0 Å². The smallest absolute Gasteiger partial charge is 0.0740 e. The van der Waals surface area contributed by atoms with Crippen LogP contribution >= 0.6 is 0 Å². The van der Waals surface area contributed by atoms with E-state index >= 15 is 0 Å². The Labute approximate surface area is 162 Å². The summed E-state index contributed by atoms with van der Waals surface area (Å²) in [6, 6.07) is 29.9. The lowest BCUT2D eigenvalue weighted by atomic mass is 9.78. The maximum atomic E-state index is 5.28. The molecule has 0 bridgehead atoms. The van der Waals surface area contributed by atoms with Crippen molar-refractivity contribution in [2.75, 3.05) is 0 Å². The molecule has 1 aliphatic rings. The lowest BCUT2D eigenvalue weighted by Crippen LogP contribution is -2.21. The summed E-state index contributed by atoms with van der Waals surface area (Å²) in [4.78, 5) is 5.28. The first kappa shape index (κ1) is 17.5. The lowest BCUT2D eigenvalue weighted by molar-refractivity contribution is 0.622. The molecule has 0 fully saturated rings. The van der Waals surface area contributed by atoms with E-state index in [4.69, 9.17) is 4.99 Å². The molecule has 1 aliphatic heterocycles. The van der Waals surface area contributed by atoms with E-state index in [1.807, 2.05) is 0 Å². The van der Waals surface area contributed by atoms with Gasteiger partial charge in [0, 0.05) is 11.5 Å². The first-order valence-electron chi connectivity index (χ1n) is 9.66. The third-order valence-electron chi connectivity index (χ3n) is 5.74. The summed E-state index contributed by atoms with van der Waals surface area (Å²) in [5.74, 6) is 0.716. The van der Waals surface area contributed by atoms with Gasteiger partial charge in [-0.25, -0.2) is 0 Å². The quantitative estimate of drug-likeness (QED) is 0.480. The highest BCUT2D eigenvalue weighted by atomic mass is 14.8. The van der Waals surface area contributed by atoms with Crippen LogP contribution in [0, 0.1) is 5.92 Å². The summed E-state index contributed by atoms with van der Waals surface area (Å²) in [5.41, 5.74) is 8.56. The van der Waals surface area contributed by atoms with E-state index < -0.39 is 0 Å². The standard InChI is InChI=1S/C26H25N/c1-18-19(2)25(21-12-6-4-7-13-21)27-26(22-14-8-5-9-15-22)20(3)24-17-11-10-16-23(18)24/h4-19H,1-3H3/b26-20+,27-25?. The summed E-state index contributed by atoms with van der Waals surface area (Å²) in [7, 11) is 0. The number of fused-ring (bicyclic) bond motifs is 1. The number of hydrogen-bond donors (Lipinski definition) is 0. The van der Waals surface area contributed by atoms with Crippen LogP contribution in [0.5, 0.6) is 0 Å². The molecule has 0 amide bonds. The first-order chi connectivity index (χ1) is 13.2. The van der Waals surface area contributed by atoms with Crippen LogP contribution in [0.15, 0.2) is 89.9 Å². The summed E-state index contributed by atoms with van der Waals surface area (Å²) >= 11 is 0. The van der Waals surface area contributed by atoms with Crippen LogP contribution < -0.4 is 0 Å². The zero-order valence-electron chi connectivity index (χ0n) is 16.2. The van der Waals surface area contributed by atoms with Crippen molar-refractivity contribution < 1.29 is 0 Å². The molecule has 1 heterocycles. The van der Waals surface area contributed by atoms with Crippen molar-refractivity contribution in [3.63, 3.8) is 0 Å². The zero-order chi connectivity index (χ0) is 18.8. The van der Waals surface area contributed by atoms with E-state index in [0.29, 0.717) is 11.8 Å². The number of allylic oxidation sites excluding steroid dienone is 1. The summed E-state index contributed by atoms with van der Waals surface area (Å²) < 4.78 is 0. The fraction of sp³-hybridized carbons (Fsp3) is 0.192. The Kier molecular flexibility index (Phi) is 4.77. The van der Waals surface area contributed by atoms with E-state index in [1.54, 1.807) is 0 Å². The molecule has 4 rings (SSSR count). The Morgan fingerprint density at radius 2 is 1.19 bits per heavy atom. The van der Waals surface area contributed by atoms with Gasteiger partial charge in [0.25, 0.3) is 0 Å². The predicted octanol–water partition coefficient (Wildman–Crippen LogP) is 6.82. The SMILES string of the molecule is C/C1=C(/c2ccccc2)N=C(c2ccccc2)C(C)C(C)c2ccccc21. The van der Waals surface area contributed by atoms with Gasteiger partial charge in [0.15, 0.2) is 0 Å². The molecule has 0 aliphatic carbocycles. The van der Waals surface area contributed by atoms with E-state index in [2.05, 4.69) is 106 Å². The topological polar surface area (TPSA) is 12.4 Å². The zero-order valence-corrected chi connectivity index (χ0v) is 16.2. The third kappa shape index (κ3) is 3.26. The Hall–Kier alpha value is -2.93. The molecule has 0 N–H and O–H groups in total. The van der Waals surface area contributed by atoms with E-state index in [9.17, 15) is 0 Å². The highest BCUT2D eigenvalue weighted by Gasteiger charge is 2.26. The Morgan fingerprint density at radius 3 is 1.85 bits per heavy atom. The van der Waals surface area contributed by atoms with Crippen LogP contribution in [0.3, 0.4) is 0 Å². The number of rotatable bonds is 2. The van der Waals surface area contributed by atoms with Gasteiger partial charge in [-0.1, -0.05) is 98.8 Å². The van der Waals surface area contributed by atoms with Crippen molar-refractivity contribution in [3.05, 3.63) is 107 Å². The first-order valence-corrected chi connectivity index (χ1v) is 9.66. The van der Waals surface area contributed by atoms with Gasteiger partial charge in [0.05, 0.1) is 11.4 Å². The number of nitrogens with zero attached hydrogens (tertiary/aromatic N) is 1. The van der Waals surface area contributed by atoms with Crippen molar-refractivity contribution in [2.45, 2.75) is 26.7 Å². The Balaban J connectivity index is 2.03. The monoisotopic (exact) mass is 351 g/mol. The minimum Gasteiger partial charge on any atom is -0.252 e. The van der Waals surface area contributed by atoms with Crippen LogP contribution in [0.4, 0.5) is 0 Å². The Bertz CT molecular complexity index is 997. The van der Waals surface area contributed by atoms with Crippen molar-refractivity contribution in [2.24, 2.45) is 10.9 Å². The second-order valence-corrected chi connectivity index (χ2v) is 7.37. The molecule has 2 unspecified atom stereocenters. The average Bonchev–Trinajstić information content (AvgIpc) is 2.74. The minimum absolute atomic E-state index is 0.320.